The molecule has 0 unspecified atom stereocenters. The molecule has 0 aromatic heterocycles. The van der Waals surface area contributed by atoms with Crippen molar-refractivity contribution in [2.24, 2.45) is 5.73 Å². The average molecular weight is 216 g/mol. The van der Waals surface area contributed by atoms with Gasteiger partial charge in [0.1, 0.15) is 0 Å². The number of hydrogen-bond acceptors (Lipinski definition) is 5. The molecule has 0 amide bonds. The van der Waals surface area contributed by atoms with E-state index in [4.69, 9.17) is 16.3 Å². The van der Waals surface area contributed by atoms with Crippen LogP contribution in [0.2, 0.25) is 0 Å². The maximum atomic E-state index is 10.7. The Hall–Kier alpha value is -1.50. The molecule has 0 fully saturated rings. The number of rotatable bonds is 4. The highest BCUT2D eigenvalue weighted by Gasteiger charge is 2.16. The van der Waals surface area contributed by atoms with Crippen LogP contribution in [-0.2, 0) is 0 Å². The van der Waals surface area contributed by atoms with Crippen molar-refractivity contribution in [3.8, 4) is 0 Å². The van der Waals surface area contributed by atoms with E-state index in [9.17, 15) is 15.2 Å². The van der Waals surface area contributed by atoms with Crippen molar-refractivity contribution in [3.63, 3.8) is 0 Å². The largest absolute Gasteiger partial charge is 0.395 e. The number of nitrogens with zero attached hydrogens (tertiary/aromatic N) is 1. The molecule has 0 saturated carbocycles. The van der Waals surface area contributed by atoms with Crippen molar-refractivity contribution in [1.29, 1.82) is 0 Å². The Morgan fingerprint density at radius 1 is 1.53 bits per heavy atom. The van der Waals surface area contributed by atoms with Crippen molar-refractivity contribution in [2.45, 2.75) is 12.1 Å². The smallest absolute Gasteiger partial charge is 0.269 e. The third-order valence-corrected chi connectivity index (χ3v) is 1.73. The second-order valence-corrected chi connectivity index (χ2v) is 2.81. The van der Waals surface area contributed by atoms with Gasteiger partial charge in [-0.05, 0) is 17.6 Å². The van der Waals surface area contributed by atoms with Gasteiger partial charge in [-0.25, -0.2) is 0 Å². The minimum atomic E-state index is -1.65. The molecule has 15 heavy (non-hydrogen) atoms. The van der Waals surface area contributed by atoms with Crippen LogP contribution >= 0.6 is 0 Å². The van der Waals surface area contributed by atoms with E-state index in [-0.39, 0.29) is 0 Å². The van der Waals surface area contributed by atoms with Gasteiger partial charge in [-0.15, -0.1) is 0 Å². The summed E-state index contributed by atoms with van der Waals surface area (Å²) < 4.78 is 30.0. The van der Waals surface area contributed by atoms with Gasteiger partial charge in [-0.3, -0.25) is 10.1 Å². The molecule has 4 N–H and O–H groups in total. The van der Waals surface area contributed by atoms with Crippen molar-refractivity contribution in [1.82, 2.24) is 0 Å². The summed E-state index contributed by atoms with van der Waals surface area (Å²) >= 11 is 0. The third-order valence-electron chi connectivity index (χ3n) is 1.73. The Labute approximate surface area is 91.7 Å². The van der Waals surface area contributed by atoms with Gasteiger partial charge in [0.05, 0.1) is 29.2 Å². The van der Waals surface area contributed by atoms with Crippen LogP contribution in [0, 0.1) is 10.1 Å². The molecular formula is C9H12N2O4. The van der Waals surface area contributed by atoms with Gasteiger partial charge in [-0.1, -0.05) is 0 Å². The second kappa shape index (κ2) is 4.83. The molecule has 82 valence electrons. The van der Waals surface area contributed by atoms with E-state index in [1.54, 1.807) is 0 Å². The first-order chi connectivity index (χ1) is 8.73. The van der Waals surface area contributed by atoms with Crippen molar-refractivity contribution >= 4 is 5.69 Å². The van der Waals surface area contributed by atoms with Crippen molar-refractivity contribution in [3.05, 3.63) is 39.8 Å². The molecule has 0 spiro atoms. The fourth-order valence-electron chi connectivity index (χ4n) is 0.869. The Morgan fingerprint density at radius 3 is 2.47 bits per heavy atom. The first kappa shape index (κ1) is 6.89. The fraction of sp³-hybridized carbons (Fsp3) is 0.333. The zero-order valence-corrected chi connectivity index (χ0v) is 7.60. The van der Waals surface area contributed by atoms with Crippen LogP contribution in [0.1, 0.15) is 17.2 Å². The standard InChI is InChI=1S/C9H12N2O4/c10-8(5-12)9(13)6-1-3-7(4-2-6)11(14)15/h1-4,8-9,12-13H,5,10H2/t8-,9-/m1/s1/i1D,2D,3D,4D. The van der Waals surface area contributed by atoms with Crippen LogP contribution in [0.4, 0.5) is 5.69 Å². The molecule has 0 aliphatic heterocycles. The highest BCUT2D eigenvalue weighted by atomic mass is 16.6. The quantitative estimate of drug-likeness (QED) is 0.482. The number of aliphatic hydroxyl groups excluding tert-OH is 2. The first-order valence-corrected chi connectivity index (χ1v) is 4.03. The van der Waals surface area contributed by atoms with E-state index in [2.05, 4.69) is 0 Å². The highest BCUT2D eigenvalue weighted by molar-refractivity contribution is 5.34. The third kappa shape index (κ3) is 2.72. The van der Waals surface area contributed by atoms with Gasteiger partial charge in [0.15, 0.2) is 0 Å². The first-order valence-electron chi connectivity index (χ1n) is 6.03. The minimum Gasteiger partial charge on any atom is -0.395 e. The average Bonchev–Trinajstić information content (AvgIpc) is 2.35. The molecule has 6 heteroatoms. The summed E-state index contributed by atoms with van der Waals surface area (Å²) in [6, 6.07) is -4.45. The number of nitro benzene ring substituents is 1. The number of benzene rings is 1. The molecule has 1 aromatic rings. The van der Waals surface area contributed by atoms with Crippen molar-refractivity contribution in [2.75, 3.05) is 6.61 Å². The molecule has 0 aliphatic carbocycles. The Kier molecular flexibility index (Phi) is 2.22. The summed E-state index contributed by atoms with van der Waals surface area (Å²) in [5, 5.41) is 29.3. The predicted molar refractivity (Wildman–Crippen MR) is 53.1 cm³/mol. The van der Waals surface area contributed by atoms with E-state index >= 15 is 0 Å². The van der Waals surface area contributed by atoms with Gasteiger partial charge in [0.2, 0.25) is 0 Å². The lowest BCUT2D eigenvalue weighted by atomic mass is 10.0. The van der Waals surface area contributed by atoms with Crippen LogP contribution in [0.5, 0.6) is 0 Å². The van der Waals surface area contributed by atoms with Crippen LogP contribution < -0.4 is 5.73 Å². The van der Waals surface area contributed by atoms with E-state index in [0.29, 0.717) is 0 Å². The molecule has 1 aromatic carbocycles. The summed E-state index contributed by atoms with van der Waals surface area (Å²) in [5.74, 6) is 0. The molecule has 0 saturated heterocycles. The van der Waals surface area contributed by atoms with E-state index in [0.717, 1.165) is 0 Å². The fourth-order valence-corrected chi connectivity index (χ4v) is 0.869. The molecule has 0 radical (unpaired) electrons. The maximum Gasteiger partial charge on any atom is 0.269 e. The van der Waals surface area contributed by atoms with Crippen LogP contribution in [0.15, 0.2) is 24.2 Å². The predicted octanol–water partition coefficient (Wildman–Crippen LogP) is -0.0522. The van der Waals surface area contributed by atoms with Crippen LogP contribution in [-0.4, -0.2) is 27.8 Å². The monoisotopic (exact) mass is 216 g/mol. The second-order valence-electron chi connectivity index (χ2n) is 2.81. The Balaban J connectivity index is 3.57. The molecule has 0 aliphatic rings. The lowest BCUT2D eigenvalue weighted by Gasteiger charge is -2.16. The molecule has 0 bridgehead atoms. The normalized spacial score (nSPS) is 18.3. The number of hydrogen-bond donors (Lipinski definition) is 3. The van der Waals surface area contributed by atoms with E-state index < -0.39 is 59.1 Å². The zero-order valence-electron chi connectivity index (χ0n) is 11.6. The van der Waals surface area contributed by atoms with Gasteiger partial charge in [0, 0.05) is 12.1 Å². The van der Waals surface area contributed by atoms with Crippen LogP contribution in [0.3, 0.4) is 0 Å². The van der Waals surface area contributed by atoms with Gasteiger partial charge in [0.25, 0.3) is 5.69 Å². The van der Waals surface area contributed by atoms with Crippen molar-refractivity contribution < 1.29 is 20.6 Å². The van der Waals surface area contributed by atoms with Gasteiger partial charge < -0.3 is 15.9 Å². The van der Waals surface area contributed by atoms with E-state index in [1.165, 1.54) is 0 Å². The molecule has 1 rings (SSSR count). The summed E-state index contributed by atoms with van der Waals surface area (Å²) in [4.78, 5) is 9.67. The lowest BCUT2D eigenvalue weighted by molar-refractivity contribution is -0.384. The Morgan fingerprint density at radius 2 is 2.07 bits per heavy atom. The van der Waals surface area contributed by atoms with E-state index in [1.807, 2.05) is 0 Å². The number of aliphatic hydroxyl groups is 2. The molecule has 0 heterocycles. The van der Waals surface area contributed by atoms with Gasteiger partial charge >= 0.3 is 0 Å². The minimum absolute atomic E-state index is 0.470. The maximum absolute atomic E-state index is 10.7. The molecular weight excluding hydrogens is 200 g/mol. The van der Waals surface area contributed by atoms with Gasteiger partial charge in [-0.2, -0.15) is 0 Å². The van der Waals surface area contributed by atoms with Crippen LogP contribution in [0.25, 0.3) is 0 Å². The molecule has 6 nitrogen and oxygen atoms in total. The summed E-state index contributed by atoms with van der Waals surface area (Å²) in [5.41, 5.74) is 3.92. The SMILES string of the molecule is [2H]c1c([2H])c([N+](=O)[O-])c([2H])c([2H])c1[C@@H](O)[C@H](N)CO. The Bertz CT molecular complexity index is 496. The zero-order chi connectivity index (χ0) is 14.9. The highest BCUT2D eigenvalue weighted by Crippen LogP contribution is 2.19. The topological polar surface area (TPSA) is 110 Å². The number of nitrogens with two attached hydrogens (primary N) is 1. The molecule has 2 atom stereocenters. The lowest BCUT2D eigenvalue weighted by Crippen LogP contribution is -2.31. The number of nitro groups is 1. The summed E-state index contributed by atoms with van der Waals surface area (Å²) in [6.07, 6.45) is -1.65. The summed E-state index contributed by atoms with van der Waals surface area (Å²) in [7, 11) is 0. The summed E-state index contributed by atoms with van der Waals surface area (Å²) in [6.45, 7) is -0.641.